The maximum atomic E-state index is 11.6. The highest BCUT2D eigenvalue weighted by molar-refractivity contribution is 7.53. The molecular formula is C11H19O5P. The largest absolute Gasteiger partial charge is 0.335 e. The number of hydrogen-bond donors (Lipinski definition) is 4. The van der Waals surface area contributed by atoms with Crippen LogP contribution in [0.3, 0.4) is 0 Å². The van der Waals surface area contributed by atoms with Gasteiger partial charge in [0.1, 0.15) is 0 Å². The van der Waals surface area contributed by atoms with E-state index in [9.17, 15) is 14.4 Å². The lowest BCUT2D eigenvalue weighted by molar-refractivity contribution is -0.176. The normalized spacial score (nSPS) is 11.6. The molecule has 0 aliphatic carbocycles. The highest BCUT2D eigenvalue weighted by Crippen LogP contribution is 2.60. The van der Waals surface area contributed by atoms with Crippen molar-refractivity contribution in [2.24, 2.45) is 0 Å². The molecule has 0 saturated heterocycles. The summed E-state index contributed by atoms with van der Waals surface area (Å²) in [5.41, 5.74) is 0.725. The fraction of sp³-hybridized carbons (Fsp3) is 0.455. The van der Waals surface area contributed by atoms with Crippen molar-refractivity contribution < 1.29 is 24.9 Å². The fourth-order valence-electron chi connectivity index (χ4n) is 1.99. The molecule has 0 saturated carbocycles. The van der Waals surface area contributed by atoms with E-state index < -0.39 is 12.8 Å². The Morgan fingerprint density at radius 3 is 1.76 bits per heavy atom. The maximum absolute atomic E-state index is 11.6. The predicted octanol–water partition coefficient (Wildman–Crippen LogP) is 2.90. The summed E-state index contributed by atoms with van der Waals surface area (Å²) >= 11 is 0. The van der Waals surface area contributed by atoms with Gasteiger partial charge < -0.3 is 9.79 Å². The Morgan fingerprint density at radius 1 is 1.06 bits per heavy atom. The second-order valence-electron chi connectivity index (χ2n) is 3.65. The van der Waals surface area contributed by atoms with Crippen LogP contribution in [0.2, 0.25) is 0 Å². The summed E-state index contributed by atoms with van der Waals surface area (Å²) in [6.07, 6.45) is 0.885. The Kier molecular flexibility index (Phi) is 6.60. The van der Waals surface area contributed by atoms with Crippen LogP contribution in [0.1, 0.15) is 32.3 Å². The second kappa shape index (κ2) is 6.89. The molecule has 0 radical (unpaired) electrons. The van der Waals surface area contributed by atoms with E-state index in [4.69, 9.17) is 10.5 Å². The Morgan fingerprint density at radius 2 is 1.47 bits per heavy atom. The molecule has 98 valence electrons. The fourth-order valence-corrected chi connectivity index (χ4v) is 3.30. The second-order valence-corrected chi connectivity index (χ2v) is 5.59. The molecule has 5 nitrogen and oxygen atoms in total. The lowest BCUT2D eigenvalue weighted by Gasteiger charge is -2.32. The Balaban J connectivity index is 0.00000121. The minimum Gasteiger partial charge on any atom is -0.324 e. The van der Waals surface area contributed by atoms with Gasteiger partial charge in [0.05, 0.1) is 5.16 Å². The van der Waals surface area contributed by atoms with E-state index in [1.54, 1.807) is 12.1 Å². The Labute approximate surface area is 101 Å². The molecule has 0 amide bonds. The van der Waals surface area contributed by atoms with Crippen molar-refractivity contribution in [1.29, 1.82) is 0 Å². The van der Waals surface area contributed by atoms with Crippen LogP contribution in [0.5, 0.6) is 0 Å². The first-order valence-electron chi connectivity index (χ1n) is 5.29. The standard InChI is InChI=1S/C11H17O3P.H2O2/c1-3-11(4-2,15(12,13)14)10-8-6-5-7-9-10;1-2/h5-9H,3-4H2,1-2H3,(H2,12,13,14);1-2H. The van der Waals surface area contributed by atoms with E-state index in [0.717, 1.165) is 5.56 Å². The summed E-state index contributed by atoms with van der Waals surface area (Å²) in [6.45, 7) is 3.63. The number of rotatable bonds is 4. The van der Waals surface area contributed by atoms with Gasteiger partial charge >= 0.3 is 7.60 Å². The minimum atomic E-state index is -4.13. The monoisotopic (exact) mass is 262 g/mol. The molecule has 0 fully saturated rings. The van der Waals surface area contributed by atoms with Crippen molar-refractivity contribution in [2.75, 3.05) is 0 Å². The molecule has 1 rings (SSSR count). The van der Waals surface area contributed by atoms with Crippen LogP contribution in [0.15, 0.2) is 30.3 Å². The van der Waals surface area contributed by atoms with E-state index in [2.05, 4.69) is 0 Å². The van der Waals surface area contributed by atoms with Crippen molar-refractivity contribution >= 4 is 7.60 Å². The summed E-state index contributed by atoms with van der Waals surface area (Å²) in [6, 6.07) is 9.04. The molecule has 0 unspecified atom stereocenters. The first kappa shape index (κ1) is 16.3. The van der Waals surface area contributed by atoms with E-state index >= 15 is 0 Å². The molecule has 1 aromatic rings. The summed E-state index contributed by atoms with van der Waals surface area (Å²) in [5, 5.41) is 11.0. The van der Waals surface area contributed by atoms with Crippen LogP contribution in [-0.2, 0) is 9.72 Å². The van der Waals surface area contributed by atoms with Gasteiger partial charge in [0.2, 0.25) is 0 Å². The summed E-state index contributed by atoms with van der Waals surface area (Å²) in [7, 11) is -4.13. The molecule has 6 heteroatoms. The minimum absolute atomic E-state index is 0.442. The van der Waals surface area contributed by atoms with Gasteiger partial charge in [-0.15, -0.1) is 0 Å². The summed E-state index contributed by atoms with van der Waals surface area (Å²) < 4.78 is 11.6. The molecule has 1 aromatic carbocycles. The number of hydrogen-bond acceptors (Lipinski definition) is 3. The van der Waals surface area contributed by atoms with Gasteiger partial charge in [-0.2, -0.15) is 0 Å². The zero-order valence-electron chi connectivity index (χ0n) is 9.95. The van der Waals surface area contributed by atoms with Gasteiger partial charge in [-0.3, -0.25) is 15.1 Å². The summed E-state index contributed by atoms with van der Waals surface area (Å²) in [5.74, 6) is 0. The van der Waals surface area contributed by atoms with E-state index in [1.807, 2.05) is 32.0 Å². The molecule has 0 spiro atoms. The predicted molar refractivity (Wildman–Crippen MR) is 66.0 cm³/mol. The zero-order valence-corrected chi connectivity index (χ0v) is 10.8. The molecule has 4 N–H and O–H groups in total. The third-order valence-corrected chi connectivity index (χ3v) is 5.04. The molecule has 0 aromatic heterocycles. The van der Waals surface area contributed by atoms with E-state index in [-0.39, 0.29) is 0 Å². The Hall–Kier alpha value is -0.710. The van der Waals surface area contributed by atoms with Crippen molar-refractivity contribution in [3.05, 3.63) is 35.9 Å². The van der Waals surface area contributed by atoms with Gasteiger partial charge in [-0.05, 0) is 18.4 Å². The van der Waals surface area contributed by atoms with E-state index in [1.165, 1.54) is 0 Å². The lowest BCUT2D eigenvalue weighted by Crippen LogP contribution is -2.24. The van der Waals surface area contributed by atoms with Crippen LogP contribution in [0.25, 0.3) is 0 Å². The van der Waals surface area contributed by atoms with Gasteiger partial charge in [0, 0.05) is 0 Å². The molecule has 0 aliphatic heterocycles. The molecule has 0 heterocycles. The number of benzene rings is 1. The van der Waals surface area contributed by atoms with Crippen LogP contribution in [-0.4, -0.2) is 20.3 Å². The average molecular weight is 262 g/mol. The molecule has 17 heavy (non-hydrogen) atoms. The van der Waals surface area contributed by atoms with E-state index in [0.29, 0.717) is 12.8 Å². The summed E-state index contributed by atoms with van der Waals surface area (Å²) in [4.78, 5) is 19.0. The van der Waals surface area contributed by atoms with Gasteiger partial charge in [0.25, 0.3) is 0 Å². The van der Waals surface area contributed by atoms with Crippen molar-refractivity contribution in [3.8, 4) is 0 Å². The highest BCUT2D eigenvalue weighted by atomic mass is 31.2. The first-order valence-corrected chi connectivity index (χ1v) is 6.90. The molecule has 0 atom stereocenters. The zero-order chi connectivity index (χ0) is 13.5. The smallest absolute Gasteiger partial charge is 0.324 e. The van der Waals surface area contributed by atoms with Crippen LogP contribution >= 0.6 is 7.60 Å². The van der Waals surface area contributed by atoms with Crippen molar-refractivity contribution in [1.82, 2.24) is 0 Å². The SMILES string of the molecule is CCC(CC)(c1ccccc1)P(=O)(O)O.OO. The maximum Gasteiger partial charge on any atom is 0.335 e. The van der Waals surface area contributed by atoms with Crippen molar-refractivity contribution in [3.63, 3.8) is 0 Å². The van der Waals surface area contributed by atoms with Crippen LogP contribution in [0.4, 0.5) is 0 Å². The van der Waals surface area contributed by atoms with Gasteiger partial charge in [-0.1, -0.05) is 44.2 Å². The van der Waals surface area contributed by atoms with Crippen molar-refractivity contribution in [2.45, 2.75) is 31.8 Å². The van der Waals surface area contributed by atoms with Gasteiger partial charge in [0.15, 0.2) is 0 Å². The molecule has 0 aliphatic rings. The molecule has 0 bridgehead atoms. The highest BCUT2D eigenvalue weighted by Gasteiger charge is 2.44. The topological polar surface area (TPSA) is 98.0 Å². The third kappa shape index (κ3) is 3.37. The third-order valence-electron chi connectivity index (χ3n) is 3.04. The Bertz CT molecular complexity index is 355. The van der Waals surface area contributed by atoms with Crippen LogP contribution in [0, 0.1) is 0 Å². The quantitative estimate of drug-likeness (QED) is 0.380. The van der Waals surface area contributed by atoms with Gasteiger partial charge in [-0.25, -0.2) is 0 Å². The lowest BCUT2D eigenvalue weighted by atomic mass is 9.93. The first-order chi connectivity index (χ1) is 7.98. The molecular weight excluding hydrogens is 243 g/mol. The average Bonchev–Trinajstić information content (AvgIpc) is 2.33. The van der Waals surface area contributed by atoms with Crippen LogP contribution < -0.4 is 0 Å².